The number of para-hydroxylation sites is 2. The van der Waals surface area contributed by atoms with Gasteiger partial charge in [-0.3, -0.25) is 0 Å². The van der Waals surface area contributed by atoms with Crippen molar-refractivity contribution < 1.29 is 13.0 Å². The molecule has 6 nitrogen and oxygen atoms in total. The van der Waals surface area contributed by atoms with Crippen LogP contribution >= 0.6 is 31.9 Å². The summed E-state index contributed by atoms with van der Waals surface area (Å²) in [5.74, 6) is -0.351. The number of halogens is 2. The van der Waals surface area contributed by atoms with Crippen molar-refractivity contribution in [2.75, 3.05) is 28.6 Å². The predicted molar refractivity (Wildman–Crippen MR) is 253 cm³/mol. The van der Waals surface area contributed by atoms with E-state index in [0.717, 1.165) is 57.5 Å². The summed E-state index contributed by atoms with van der Waals surface area (Å²) in [5.41, 5.74) is 12.8. The standard InChI is InChI=1S/C50H55Br2N3O3S/c1-6-7-14-31-53-44-27-25-38(51)34-42(44)49(2,3)46(53)29-23-36-21-22-37(48(36)55(40-17-10-8-11-18-40)41-19-12-9-13-20-41)24-30-47-50(4,5)43-35-39(52)26-28-45(43)54(47)32-15-16-33-59(56,57)58/h8-13,17-20,23-30,34-35H,6-7,14-16,21-22,31-33H2,1-5H3. The van der Waals surface area contributed by atoms with Crippen molar-refractivity contribution in [1.29, 1.82) is 0 Å². The fourth-order valence-corrected chi connectivity index (χ4v) is 10.4. The third-order valence-corrected chi connectivity index (χ3v) is 13.9. The Balaban J connectivity index is 1.38. The molecule has 2 heterocycles. The molecule has 59 heavy (non-hydrogen) atoms. The maximum atomic E-state index is 11.5. The van der Waals surface area contributed by atoms with E-state index in [1.54, 1.807) is 0 Å². The van der Waals surface area contributed by atoms with Gasteiger partial charge < -0.3 is 14.4 Å². The van der Waals surface area contributed by atoms with Gasteiger partial charge in [-0.25, -0.2) is 8.42 Å². The van der Waals surface area contributed by atoms with Gasteiger partial charge in [-0.05, 0) is 91.8 Å². The highest BCUT2D eigenvalue weighted by Crippen LogP contribution is 2.50. The molecule has 4 aromatic carbocycles. The predicted octanol–water partition coefficient (Wildman–Crippen LogP) is 13.0. The van der Waals surface area contributed by atoms with Gasteiger partial charge in [0.15, 0.2) is 0 Å². The number of rotatable bonds is 13. The minimum absolute atomic E-state index is 0.178. The fourth-order valence-electron chi connectivity index (χ4n) is 9.09. The van der Waals surface area contributed by atoms with Gasteiger partial charge in [-0.2, -0.15) is 4.58 Å². The number of nitrogens with zero attached hydrogens (tertiary/aromatic N) is 3. The van der Waals surface area contributed by atoms with E-state index >= 15 is 0 Å². The minimum atomic E-state index is -4.27. The van der Waals surface area contributed by atoms with Crippen LogP contribution in [0.15, 0.2) is 153 Å². The van der Waals surface area contributed by atoms with Gasteiger partial charge in [-0.1, -0.05) is 128 Å². The van der Waals surface area contributed by atoms with E-state index in [9.17, 15) is 13.0 Å². The van der Waals surface area contributed by atoms with Crippen LogP contribution in [-0.4, -0.2) is 37.5 Å². The van der Waals surface area contributed by atoms with Crippen LogP contribution in [0.4, 0.5) is 22.7 Å². The van der Waals surface area contributed by atoms with E-state index in [4.69, 9.17) is 0 Å². The SMILES string of the molecule is CCCCCN1C(=CC=C2CC/C(=C\C=C3\N(CCCCS(=O)(=O)[O-])c4ccc(Br)cc4C3(C)C)C2=[N+](c2ccccc2)c2ccccc2)C(C)(C)c2cc(Br)ccc21. The highest BCUT2D eigenvalue weighted by molar-refractivity contribution is 9.10. The van der Waals surface area contributed by atoms with Crippen molar-refractivity contribution in [3.8, 4) is 0 Å². The molecule has 9 heteroatoms. The molecule has 1 aliphatic carbocycles. The summed E-state index contributed by atoms with van der Waals surface area (Å²) in [7, 11) is -4.27. The molecule has 0 amide bonds. The molecule has 1 fully saturated rings. The molecule has 1 saturated carbocycles. The molecule has 0 unspecified atom stereocenters. The van der Waals surface area contributed by atoms with E-state index in [0.29, 0.717) is 19.4 Å². The Labute approximate surface area is 368 Å². The molecular formula is C50H55Br2N3O3S. The largest absolute Gasteiger partial charge is 0.748 e. The number of allylic oxidation sites excluding steroid dienone is 8. The van der Waals surface area contributed by atoms with Crippen molar-refractivity contribution in [3.63, 3.8) is 0 Å². The first kappa shape index (κ1) is 43.1. The van der Waals surface area contributed by atoms with E-state index in [1.165, 1.54) is 52.2 Å². The average Bonchev–Trinajstić information content (AvgIpc) is 3.76. The molecule has 2 aliphatic heterocycles. The first-order valence-corrected chi connectivity index (χ1v) is 24.1. The van der Waals surface area contributed by atoms with Gasteiger partial charge in [0.2, 0.25) is 17.1 Å². The Kier molecular flexibility index (Phi) is 13.1. The lowest BCUT2D eigenvalue weighted by atomic mass is 9.83. The molecule has 0 atom stereocenters. The summed E-state index contributed by atoms with van der Waals surface area (Å²) < 4.78 is 38.9. The summed E-state index contributed by atoms with van der Waals surface area (Å²) >= 11 is 7.47. The zero-order valence-electron chi connectivity index (χ0n) is 34.8. The van der Waals surface area contributed by atoms with Crippen LogP contribution in [-0.2, 0) is 20.9 Å². The summed E-state index contributed by atoms with van der Waals surface area (Å²) in [6, 6.07) is 34.4. The second-order valence-corrected chi connectivity index (χ2v) is 20.2. The summed E-state index contributed by atoms with van der Waals surface area (Å²) in [6.45, 7) is 13.1. The maximum Gasteiger partial charge on any atom is 0.218 e. The Morgan fingerprint density at radius 2 is 1.08 bits per heavy atom. The molecule has 0 bridgehead atoms. The van der Waals surface area contributed by atoms with Gasteiger partial charge in [0, 0.05) is 96.8 Å². The Hall–Kier alpha value is -4.02. The molecule has 0 saturated heterocycles. The maximum absolute atomic E-state index is 11.5. The minimum Gasteiger partial charge on any atom is -0.748 e. The molecule has 0 radical (unpaired) electrons. The first-order chi connectivity index (χ1) is 28.2. The summed E-state index contributed by atoms with van der Waals surface area (Å²) in [5, 5.41) is 0. The molecule has 7 rings (SSSR count). The molecule has 0 aromatic heterocycles. The topological polar surface area (TPSA) is 66.7 Å². The van der Waals surface area contributed by atoms with Gasteiger partial charge in [-0.15, -0.1) is 0 Å². The summed E-state index contributed by atoms with van der Waals surface area (Å²) in [6.07, 6.45) is 15.6. The van der Waals surface area contributed by atoms with E-state index < -0.39 is 10.1 Å². The molecule has 308 valence electrons. The van der Waals surface area contributed by atoms with Crippen LogP contribution in [0.5, 0.6) is 0 Å². The first-order valence-electron chi connectivity index (χ1n) is 20.9. The number of hydrogen-bond donors (Lipinski definition) is 0. The van der Waals surface area contributed by atoms with E-state index in [2.05, 4.69) is 202 Å². The van der Waals surface area contributed by atoms with Crippen LogP contribution in [0.2, 0.25) is 0 Å². The Morgan fingerprint density at radius 3 is 1.51 bits per heavy atom. The van der Waals surface area contributed by atoms with Crippen LogP contribution in [0.3, 0.4) is 0 Å². The molecular weight excluding hydrogens is 882 g/mol. The van der Waals surface area contributed by atoms with Crippen LogP contribution in [0.1, 0.15) is 90.7 Å². The second kappa shape index (κ2) is 17.9. The van der Waals surface area contributed by atoms with Crippen LogP contribution in [0, 0.1) is 0 Å². The van der Waals surface area contributed by atoms with Crippen LogP contribution in [0.25, 0.3) is 0 Å². The molecule has 0 N–H and O–H groups in total. The lowest BCUT2D eigenvalue weighted by molar-refractivity contribution is 0.460. The Bertz CT molecular complexity index is 2430. The van der Waals surface area contributed by atoms with Crippen LogP contribution < -0.4 is 14.4 Å². The molecule has 4 aromatic rings. The van der Waals surface area contributed by atoms with Crippen molar-refractivity contribution >= 4 is 70.4 Å². The number of anilines is 2. The van der Waals surface area contributed by atoms with Gasteiger partial charge in [0.1, 0.15) is 0 Å². The van der Waals surface area contributed by atoms with E-state index in [1.807, 2.05) is 0 Å². The van der Waals surface area contributed by atoms with Crippen molar-refractivity contribution in [3.05, 3.63) is 164 Å². The average molecular weight is 938 g/mol. The highest BCUT2D eigenvalue weighted by Gasteiger charge is 2.42. The lowest BCUT2D eigenvalue weighted by Gasteiger charge is -2.27. The number of unbranched alkanes of at least 4 members (excludes halogenated alkanes) is 3. The van der Waals surface area contributed by atoms with Crippen molar-refractivity contribution in [2.24, 2.45) is 0 Å². The quantitative estimate of drug-likeness (QED) is 0.0759. The second-order valence-electron chi connectivity index (χ2n) is 16.9. The summed E-state index contributed by atoms with van der Waals surface area (Å²) in [4.78, 5) is 4.87. The third-order valence-electron chi connectivity index (χ3n) is 12.1. The zero-order chi connectivity index (χ0) is 42.0. The lowest BCUT2D eigenvalue weighted by Crippen LogP contribution is -2.27. The van der Waals surface area contributed by atoms with Gasteiger partial charge in [0.25, 0.3) is 0 Å². The zero-order valence-corrected chi connectivity index (χ0v) is 38.8. The number of hydrogen-bond acceptors (Lipinski definition) is 5. The van der Waals surface area contributed by atoms with Crippen molar-refractivity contribution in [2.45, 2.75) is 90.4 Å². The smallest absolute Gasteiger partial charge is 0.218 e. The van der Waals surface area contributed by atoms with Gasteiger partial charge >= 0.3 is 0 Å². The third kappa shape index (κ3) is 9.19. The van der Waals surface area contributed by atoms with E-state index in [-0.39, 0.29) is 16.6 Å². The normalized spacial score (nSPS) is 19.7. The molecule has 0 spiro atoms. The molecule has 3 aliphatic rings. The highest BCUT2D eigenvalue weighted by atomic mass is 79.9. The number of benzene rings is 4. The van der Waals surface area contributed by atoms with Crippen molar-refractivity contribution in [1.82, 2.24) is 4.58 Å². The number of fused-ring (bicyclic) bond motifs is 2. The Morgan fingerprint density at radius 1 is 0.644 bits per heavy atom. The van der Waals surface area contributed by atoms with Gasteiger partial charge in [0.05, 0.1) is 10.1 Å². The monoisotopic (exact) mass is 935 g/mol. The fraction of sp³-hybridized carbons (Fsp3) is 0.340.